The van der Waals surface area contributed by atoms with Crippen LogP contribution in [0.2, 0.25) is 0 Å². The van der Waals surface area contributed by atoms with Gasteiger partial charge in [0.2, 0.25) is 0 Å². The molecule has 2 N–H and O–H groups in total. The number of anilines is 1. The van der Waals surface area contributed by atoms with Gasteiger partial charge in [-0.3, -0.25) is 4.79 Å². The predicted molar refractivity (Wildman–Crippen MR) is 155 cm³/mol. The molecule has 1 aliphatic rings. The Hall–Kier alpha value is -3.53. The van der Waals surface area contributed by atoms with Crippen LogP contribution in [0.25, 0.3) is 21.3 Å². The topological polar surface area (TPSA) is 99.0 Å². The number of aromatic nitrogens is 2. The van der Waals surface area contributed by atoms with Crippen LogP contribution in [0.5, 0.6) is 6.01 Å². The van der Waals surface area contributed by atoms with Crippen molar-refractivity contribution < 1.29 is 19.7 Å². The van der Waals surface area contributed by atoms with E-state index in [9.17, 15) is 9.90 Å². The number of aliphatic hydroxyl groups excluding tert-OH is 2. The van der Waals surface area contributed by atoms with Gasteiger partial charge in [0.15, 0.2) is 0 Å². The van der Waals surface area contributed by atoms with Crippen molar-refractivity contribution in [2.45, 2.75) is 32.8 Å². The number of aryl methyl sites for hydroxylation is 2. The number of fused-ring (bicyclic) bond motifs is 1. The van der Waals surface area contributed by atoms with E-state index < -0.39 is 12.7 Å². The van der Waals surface area contributed by atoms with Crippen LogP contribution in [0.15, 0.2) is 54.6 Å². The second-order valence-corrected chi connectivity index (χ2v) is 10.8. The van der Waals surface area contributed by atoms with Gasteiger partial charge in [-0.15, -0.1) is 11.3 Å². The number of benzene rings is 2. The SMILES string of the molecule is CCc1ccc(-c2ccc(C(=O)N3CCN(c4nc(OC[C@H](O)CO)nc5sc(CC)cc45)CC3)cc2)cc1. The van der Waals surface area contributed by atoms with Gasteiger partial charge in [0, 0.05) is 36.6 Å². The van der Waals surface area contributed by atoms with Crippen LogP contribution < -0.4 is 9.64 Å². The number of piperazine rings is 1. The van der Waals surface area contributed by atoms with Gasteiger partial charge in [-0.1, -0.05) is 50.2 Å². The average molecular weight is 547 g/mol. The van der Waals surface area contributed by atoms with E-state index in [1.807, 2.05) is 29.2 Å². The summed E-state index contributed by atoms with van der Waals surface area (Å²) in [6, 6.07) is 18.7. The molecule has 1 amide bonds. The second kappa shape index (κ2) is 12.1. The van der Waals surface area contributed by atoms with Crippen LogP contribution >= 0.6 is 11.3 Å². The van der Waals surface area contributed by atoms with E-state index in [1.165, 1.54) is 10.4 Å². The molecule has 1 aliphatic heterocycles. The number of carbonyl (C=O) groups excluding carboxylic acids is 1. The van der Waals surface area contributed by atoms with Gasteiger partial charge in [0.25, 0.3) is 5.91 Å². The summed E-state index contributed by atoms with van der Waals surface area (Å²) in [6.45, 7) is 6.20. The summed E-state index contributed by atoms with van der Waals surface area (Å²) in [6.07, 6.45) is 0.915. The fourth-order valence-corrected chi connectivity index (χ4v) is 5.64. The van der Waals surface area contributed by atoms with E-state index >= 15 is 0 Å². The number of aliphatic hydroxyl groups is 2. The number of rotatable bonds is 9. The van der Waals surface area contributed by atoms with Crippen molar-refractivity contribution in [1.82, 2.24) is 14.9 Å². The lowest BCUT2D eigenvalue weighted by Gasteiger charge is -2.35. The fourth-order valence-electron chi connectivity index (χ4n) is 4.68. The largest absolute Gasteiger partial charge is 0.461 e. The minimum Gasteiger partial charge on any atom is -0.461 e. The van der Waals surface area contributed by atoms with Crippen molar-refractivity contribution in [2.75, 3.05) is 44.3 Å². The minimum atomic E-state index is -0.993. The van der Waals surface area contributed by atoms with E-state index in [4.69, 9.17) is 9.84 Å². The second-order valence-electron chi connectivity index (χ2n) is 9.67. The Bertz CT molecular complexity index is 1410. The lowest BCUT2D eigenvalue weighted by atomic mass is 10.0. The molecular weight excluding hydrogens is 512 g/mol. The summed E-state index contributed by atoms with van der Waals surface area (Å²) in [5, 5.41) is 19.8. The summed E-state index contributed by atoms with van der Waals surface area (Å²) in [7, 11) is 0. The molecule has 0 spiro atoms. The third-order valence-electron chi connectivity index (χ3n) is 7.06. The number of thiophene rings is 1. The van der Waals surface area contributed by atoms with E-state index in [-0.39, 0.29) is 18.5 Å². The van der Waals surface area contributed by atoms with E-state index in [2.05, 4.69) is 59.0 Å². The molecule has 9 heteroatoms. The summed E-state index contributed by atoms with van der Waals surface area (Å²) in [5.41, 5.74) is 4.23. The Morgan fingerprint density at radius 3 is 2.26 bits per heavy atom. The predicted octanol–water partition coefficient (Wildman–Crippen LogP) is 4.18. The molecule has 204 valence electrons. The molecule has 4 aromatic rings. The molecule has 39 heavy (non-hydrogen) atoms. The number of amides is 1. The zero-order chi connectivity index (χ0) is 27.4. The molecule has 1 saturated heterocycles. The number of hydrogen-bond donors (Lipinski definition) is 2. The first-order valence-electron chi connectivity index (χ1n) is 13.4. The van der Waals surface area contributed by atoms with Gasteiger partial charge in [-0.25, -0.2) is 0 Å². The summed E-state index contributed by atoms with van der Waals surface area (Å²) in [4.78, 5) is 28.5. The number of ether oxygens (including phenoxy) is 1. The Morgan fingerprint density at radius 2 is 1.64 bits per heavy atom. The molecule has 1 fully saturated rings. The summed E-state index contributed by atoms with van der Waals surface area (Å²) < 4.78 is 5.59. The van der Waals surface area contributed by atoms with Crippen LogP contribution in [0.1, 0.15) is 34.6 Å². The van der Waals surface area contributed by atoms with E-state index in [1.54, 1.807) is 11.3 Å². The van der Waals surface area contributed by atoms with Crippen LogP contribution in [-0.2, 0) is 12.8 Å². The number of nitrogens with zero attached hydrogens (tertiary/aromatic N) is 4. The van der Waals surface area contributed by atoms with E-state index in [0.29, 0.717) is 31.7 Å². The summed E-state index contributed by atoms with van der Waals surface area (Å²) in [5.74, 6) is 0.802. The molecule has 1 atom stereocenters. The van der Waals surface area contributed by atoms with Gasteiger partial charge in [0.05, 0.1) is 12.0 Å². The van der Waals surface area contributed by atoms with Gasteiger partial charge >= 0.3 is 6.01 Å². The van der Waals surface area contributed by atoms with Gasteiger partial charge in [0.1, 0.15) is 23.4 Å². The highest BCUT2D eigenvalue weighted by atomic mass is 32.1. The maximum atomic E-state index is 13.3. The molecule has 0 saturated carbocycles. The van der Waals surface area contributed by atoms with Crippen molar-refractivity contribution in [2.24, 2.45) is 0 Å². The van der Waals surface area contributed by atoms with Crippen LogP contribution in [0, 0.1) is 0 Å². The van der Waals surface area contributed by atoms with Gasteiger partial charge < -0.3 is 24.7 Å². The third-order valence-corrected chi connectivity index (χ3v) is 8.23. The molecule has 2 aromatic heterocycles. The van der Waals surface area contributed by atoms with Gasteiger partial charge in [-0.05, 0) is 47.7 Å². The Kier molecular flexibility index (Phi) is 8.40. The highest BCUT2D eigenvalue weighted by Gasteiger charge is 2.25. The number of carbonyl (C=O) groups is 1. The third kappa shape index (κ3) is 6.06. The molecule has 0 unspecified atom stereocenters. The van der Waals surface area contributed by atoms with Crippen LogP contribution in [0.3, 0.4) is 0 Å². The Morgan fingerprint density at radius 1 is 0.974 bits per heavy atom. The van der Waals surface area contributed by atoms with Crippen molar-refractivity contribution >= 4 is 33.3 Å². The highest BCUT2D eigenvalue weighted by molar-refractivity contribution is 7.18. The quantitative estimate of drug-likeness (QED) is 0.325. The molecule has 2 aromatic carbocycles. The molecule has 0 bridgehead atoms. The van der Waals surface area contributed by atoms with Crippen molar-refractivity contribution in [3.63, 3.8) is 0 Å². The van der Waals surface area contributed by atoms with Crippen LogP contribution in [0.4, 0.5) is 5.82 Å². The Labute approximate surface area is 232 Å². The van der Waals surface area contributed by atoms with Crippen molar-refractivity contribution in [3.8, 4) is 17.1 Å². The standard InChI is InChI=1S/C30H34N4O4S/c1-3-20-5-7-21(8-6-20)22-9-11-23(12-10-22)29(37)34-15-13-33(14-16-34)27-26-17-25(4-2)39-28(26)32-30(31-27)38-19-24(36)18-35/h5-12,17,24,35-36H,3-4,13-16,18-19H2,1-2H3/t24-/m1/s1. The average Bonchev–Trinajstić information content (AvgIpc) is 3.43. The van der Waals surface area contributed by atoms with Gasteiger partial charge in [-0.2, -0.15) is 9.97 Å². The Balaban J connectivity index is 1.28. The number of hydrogen-bond acceptors (Lipinski definition) is 8. The molecule has 3 heterocycles. The lowest BCUT2D eigenvalue weighted by molar-refractivity contribution is 0.0506. The lowest BCUT2D eigenvalue weighted by Crippen LogP contribution is -2.49. The van der Waals surface area contributed by atoms with Crippen molar-refractivity contribution in [1.29, 1.82) is 0 Å². The minimum absolute atomic E-state index is 0.0289. The summed E-state index contributed by atoms with van der Waals surface area (Å²) >= 11 is 1.60. The first-order valence-corrected chi connectivity index (χ1v) is 14.3. The molecule has 5 rings (SSSR count). The fraction of sp³-hybridized carbons (Fsp3) is 0.367. The highest BCUT2D eigenvalue weighted by Crippen LogP contribution is 2.33. The van der Waals surface area contributed by atoms with Crippen molar-refractivity contribution in [3.05, 3.63) is 70.6 Å². The monoisotopic (exact) mass is 546 g/mol. The maximum Gasteiger partial charge on any atom is 0.319 e. The molecule has 8 nitrogen and oxygen atoms in total. The smallest absolute Gasteiger partial charge is 0.319 e. The first-order chi connectivity index (χ1) is 19.0. The normalized spacial score (nSPS) is 14.6. The first kappa shape index (κ1) is 27.1. The molecular formula is C30H34N4O4S. The molecule has 0 radical (unpaired) electrons. The maximum absolute atomic E-state index is 13.3. The van der Waals surface area contributed by atoms with Crippen LogP contribution in [-0.4, -0.2) is 76.5 Å². The zero-order valence-corrected chi connectivity index (χ0v) is 23.2. The van der Waals surface area contributed by atoms with E-state index in [0.717, 1.165) is 40.0 Å². The molecule has 0 aliphatic carbocycles. The zero-order valence-electron chi connectivity index (χ0n) is 22.3.